The second-order valence-corrected chi connectivity index (χ2v) is 3.71. The van der Waals surface area contributed by atoms with Crippen LogP contribution in [0.3, 0.4) is 0 Å². The Hall–Kier alpha value is -2.37. The van der Waals surface area contributed by atoms with Gasteiger partial charge in [0, 0.05) is 0 Å². The molecule has 0 aliphatic heterocycles. The standard InChI is InChI=1S/C13H6F4O2/c14-6-1-4-10(18)8(5-6)13(19)7-2-3-9(15)12(17)11(7)16/h1-5,18H. The molecule has 0 aliphatic rings. The van der Waals surface area contributed by atoms with E-state index in [4.69, 9.17) is 0 Å². The lowest BCUT2D eigenvalue weighted by Crippen LogP contribution is -2.08. The molecule has 0 fully saturated rings. The van der Waals surface area contributed by atoms with Crippen LogP contribution in [0.15, 0.2) is 30.3 Å². The number of benzene rings is 2. The van der Waals surface area contributed by atoms with E-state index in [0.29, 0.717) is 12.1 Å². The summed E-state index contributed by atoms with van der Waals surface area (Å²) in [7, 11) is 0. The number of carbonyl (C=O) groups excluding carboxylic acids is 1. The molecule has 0 heterocycles. The molecule has 6 heteroatoms. The average molecular weight is 270 g/mol. The van der Waals surface area contributed by atoms with Crippen molar-refractivity contribution in [3.63, 3.8) is 0 Å². The number of aromatic hydroxyl groups is 1. The van der Waals surface area contributed by atoms with Crippen molar-refractivity contribution in [1.29, 1.82) is 0 Å². The quantitative estimate of drug-likeness (QED) is 0.517. The SMILES string of the molecule is O=C(c1cc(F)ccc1O)c1ccc(F)c(F)c1F. The van der Waals surface area contributed by atoms with Gasteiger partial charge in [0.05, 0.1) is 11.1 Å². The predicted molar refractivity (Wildman–Crippen MR) is 57.8 cm³/mol. The smallest absolute Gasteiger partial charge is 0.199 e. The monoisotopic (exact) mass is 270 g/mol. The van der Waals surface area contributed by atoms with Gasteiger partial charge in [-0.25, -0.2) is 17.6 Å². The molecule has 0 spiro atoms. The van der Waals surface area contributed by atoms with E-state index in [1.165, 1.54) is 0 Å². The summed E-state index contributed by atoms with van der Waals surface area (Å²) in [5.74, 6) is -7.50. The van der Waals surface area contributed by atoms with Crippen LogP contribution in [0.1, 0.15) is 15.9 Å². The number of ketones is 1. The Morgan fingerprint density at radius 2 is 1.58 bits per heavy atom. The van der Waals surface area contributed by atoms with E-state index in [9.17, 15) is 27.5 Å². The van der Waals surface area contributed by atoms with Gasteiger partial charge in [-0.2, -0.15) is 0 Å². The van der Waals surface area contributed by atoms with Gasteiger partial charge in [-0.15, -0.1) is 0 Å². The number of phenols is 1. The lowest BCUT2D eigenvalue weighted by Gasteiger charge is -2.06. The van der Waals surface area contributed by atoms with Crippen LogP contribution >= 0.6 is 0 Å². The van der Waals surface area contributed by atoms with Gasteiger partial charge in [-0.05, 0) is 30.3 Å². The van der Waals surface area contributed by atoms with Crippen molar-refractivity contribution >= 4 is 5.78 Å². The fourth-order valence-electron chi connectivity index (χ4n) is 1.54. The van der Waals surface area contributed by atoms with Crippen LogP contribution in [0.2, 0.25) is 0 Å². The zero-order chi connectivity index (χ0) is 14.2. The fraction of sp³-hybridized carbons (Fsp3) is 0. The molecule has 98 valence electrons. The molecule has 0 radical (unpaired) electrons. The summed E-state index contributed by atoms with van der Waals surface area (Å²) < 4.78 is 52.1. The largest absolute Gasteiger partial charge is 0.507 e. The van der Waals surface area contributed by atoms with E-state index in [-0.39, 0.29) is 0 Å². The molecule has 2 aromatic carbocycles. The van der Waals surface area contributed by atoms with Gasteiger partial charge in [-0.1, -0.05) is 0 Å². The number of phenolic OH excluding ortho intramolecular Hbond substituents is 1. The molecule has 2 rings (SSSR count). The molecule has 0 aromatic heterocycles. The Balaban J connectivity index is 2.56. The van der Waals surface area contributed by atoms with Gasteiger partial charge < -0.3 is 5.11 Å². The van der Waals surface area contributed by atoms with Crippen LogP contribution in [0.25, 0.3) is 0 Å². The highest BCUT2D eigenvalue weighted by molar-refractivity contribution is 6.10. The van der Waals surface area contributed by atoms with E-state index < -0.39 is 45.9 Å². The van der Waals surface area contributed by atoms with Crippen molar-refractivity contribution in [2.75, 3.05) is 0 Å². The maximum atomic E-state index is 13.4. The summed E-state index contributed by atoms with van der Waals surface area (Å²) in [5, 5.41) is 9.40. The van der Waals surface area contributed by atoms with Crippen molar-refractivity contribution in [2.24, 2.45) is 0 Å². The van der Waals surface area contributed by atoms with Crippen molar-refractivity contribution < 1.29 is 27.5 Å². The van der Waals surface area contributed by atoms with Crippen LogP contribution in [-0.2, 0) is 0 Å². The summed E-state index contributed by atoms with van der Waals surface area (Å²) in [4.78, 5) is 11.8. The van der Waals surface area contributed by atoms with E-state index in [1.54, 1.807) is 0 Å². The summed E-state index contributed by atoms with van der Waals surface area (Å²) in [6.07, 6.45) is 0. The third-order valence-electron chi connectivity index (χ3n) is 2.48. The molecule has 0 saturated heterocycles. The van der Waals surface area contributed by atoms with Crippen LogP contribution in [0, 0.1) is 23.3 Å². The first kappa shape index (κ1) is 13.1. The molecular weight excluding hydrogens is 264 g/mol. The molecule has 2 nitrogen and oxygen atoms in total. The average Bonchev–Trinajstić information content (AvgIpc) is 2.38. The van der Waals surface area contributed by atoms with Gasteiger partial charge in [0.1, 0.15) is 11.6 Å². The zero-order valence-corrected chi connectivity index (χ0v) is 9.25. The van der Waals surface area contributed by atoms with Gasteiger partial charge in [0.15, 0.2) is 23.2 Å². The van der Waals surface area contributed by atoms with Gasteiger partial charge in [0.2, 0.25) is 0 Å². The molecule has 19 heavy (non-hydrogen) atoms. The van der Waals surface area contributed by atoms with Crippen molar-refractivity contribution in [3.05, 3.63) is 64.7 Å². The summed E-state index contributed by atoms with van der Waals surface area (Å²) in [5.41, 5.74) is -1.33. The van der Waals surface area contributed by atoms with E-state index >= 15 is 0 Å². The zero-order valence-electron chi connectivity index (χ0n) is 9.25. The summed E-state index contributed by atoms with van der Waals surface area (Å²) in [6.45, 7) is 0. The molecular formula is C13H6F4O2. The number of rotatable bonds is 2. The second kappa shape index (κ2) is 4.72. The van der Waals surface area contributed by atoms with Gasteiger partial charge in [-0.3, -0.25) is 4.79 Å². The lowest BCUT2D eigenvalue weighted by atomic mass is 10.0. The highest BCUT2D eigenvalue weighted by Crippen LogP contribution is 2.24. The minimum absolute atomic E-state index is 0.537. The van der Waals surface area contributed by atoms with Crippen molar-refractivity contribution in [3.8, 4) is 5.75 Å². The molecule has 0 amide bonds. The minimum atomic E-state index is -1.80. The third-order valence-corrected chi connectivity index (χ3v) is 2.48. The van der Waals surface area contributed by atoms with Crippen LogP contribution in [0.4, 0.5) is 17.6 Å². The fourth-order valence-corrected chi connectivity index (χ4v) is 1.54. The van der Waals surface area contributed by atoms with E-state index in [0.717, 1.165) is 18.2 Å². The Morgan fingerprint density at radius 1 is 0.895 bits per heavy atom. The minimum Gasteiger partial charge on any atom is -0.507 e. The van der Waals surface area contributed by atoms with E-state index in [1.807, 2.05) is 0 Å². The molecule has 0 atom stereocenters. The lowest BCUT2D eigenvalue weighted by molar-refractivity contribution is 0.103. The van der Waals surface area contributed by atoms with Crippen molar-refractivity contribution in [1.82, 2.24) is 0 Å². The van der Waals surface area contributed by atoms with Crippen LogP contribution in [0.5, 0.6) is 5.75 Å². The second-order valence-electron chi connectivity index (χ2n) is 3.71. The Kier molecular flexibility index (Phi) is 3.25. The summed E-state index contributed by atoms with van der Waals surface area (Å²) in [6, 6.07) is 3.77. The number of hydrogen-bond donors (Lipinski definition) is 1. The molecule has 1 N–H and O–H groups in total. The first-order valence-corrected chi connectivity index (χ1v) is 5.08. The van der Waals surface area contributed by atoms with Crippen LogP contribution in [-0.4, -0.2) is 10.9 Å². The summed E-state index contributed by atoms with van der Waals surface area (Å²) >= 11 is 0. The highest BCUT2D eigenvalue weighted by Gasteiger charge is 2.22. The molecule has 0 unspecified atom stereocenters. The van der Waals surface area contributed by atoms with E-state index in [2.05, 4.69) is 0 Å². The topological polar surface area (TPSA) is 37.3 Å². The first-order chi connectivity index (χ1) is 8.91. The highest BCUT2D eigenvalue weighted by atomic mass is 19.2. The Bertz CT molecular complexity index is 668. The van der Waals surface area contributed by atoms with Gasteiger partial charge in [0.25, 0.3) is 0 Å². The Morgan fingerprint density at radius 3 is 2.26 bits per heavy atom. The first-order valence-electron chi connectivity index (χ1n) is 5.08. The maximum Gasteiger partial charge on any atom is 0.199 e. The molecule has 0 bridgehead atoms. The Labute approximate surface area is 104 Å². The normalized spacial score (nSPS) is 10.5. The molecule has 0 aliphatic carbocycles. The van der Waals surface area contributed by atoms with Gasteiger partial charge >= 0.3 is 0 Å². The number of halogens is 4. The molecule has 0 saturated carbocycles. The van der Waals surface area contributed by atoms with Crippen molar-refractivity contribution in [2.45, 2.75) is 0 Å². The predicted octanol–water partition coefficient (Wildman–Crippen LogP) is 3.18. The number of hydrogen-bond acceptors (Lipinski definition) is 2. The maximum absolute atomic E-state index is 13.4. The number of carbonyl (C=O) groups is 1. The van der Waals surface area contributed by atoms with Crippen LogP contribution < -0.4 is 0 Å². The third kappa shape index (κ3) is 2.29. The molecule has 2 aromatic rings.